The van der Waals surface area contributed by atoms with Crippen molar-refractivity contribution in [2.24, 2.45) is 0 Å². The van der Waals surface area contributed by atoms with Gasteiger partial charge >= 0.3 is 0 Å². The van der Waals surface area contributed by atoms with E-state index in [0.717, 1.165) is 49.6 Å². The molecule has 134 valence electrons. The Kier molecular flexibility index (Phi) is 5.39. The Morgan fingerprint density at radius 3 is 2.44 bits per heavy atom. The van der Waals surface area contributed by atoms with Gasteiger partial charge in [0.2, 0.25) is 0 Å². The number of benzene rings is 1. The maximum atomic E-state index is 11.6. The average Bonchev–Trinajstić information content (AvgIpc) is 2.61. The van der Waals surface area contributed by atoms with Gasteiger partial charge in [-0.2, -0.15) is 0 Å². The van der Waals surface area contributed by atoms with Crippen molar-refractivity contribution in [3.8, 4) is 11.3 Å². The molecule has 1 fully saturated rings. The Bertz CT molecular complexity index is 826. The Labute approximate surface area is 149 Å². The minimum atomic E-state index is -3.19. The molecule has 1 aromatic heterocycles. The maximum Gasteiger partial charge on any atom is 0.175 e. The average molecular weight is 360 g/mol. The van der Waals surface area contributed by atoms with E-state index in [-0.39, 0.29) is 0 Å². The Hall–Kier alpha value is -1.92. The molecule has 5 nitrogen and oxygen atoms in total. The molecule has 0 radical (unpaired) electrons. The van der Waals surface area contributed by atoms with Gasteiger partial charge in [-0.1, -0.05) is 19.1 Å². The molecule has 0 bridgehead atoms. The topological polar surface area (TPSA) is 68.3 Å². The van der Waals surface area contributed by atoms with E-state index in [9.17, 15) is 8.42 Å². The standard InChI is InChI=1S/C19H24N2O3S/c1-3-14-12-18(15-4-6-17(7-5-15)25(2,22)23)21-19(13-14)20-16-8-10-24-11-9-16/h4-7,12-13,16H,3,8-11H2,1-2H3,(H,20,21). The molecule has 1 aliphatic heterocycles. The van der Waals surface area contributed by atoms with Crippen LogP contribution in [-0.4, -0.2) is 38.9 Å². The number of pyridine rings is 1. The lowest BCUT2D eigenvalue weighted by Gasteiger charge is -2.24. The zero-order valence-corrected chi connectivity index (χ0v) is 15.5. The predicted octanol–water partition coefficient (Wildman–Crippen LogP) is 3.31. The van der Waals surface area contributed by atoms with Gasteiger partial charge in [-0.15, -0.1) is 0 Å². The molecule has 1 N–H and O–H groups in total. The van der Waals surface area contributed by atoms with E-state index in [1.54, 1.807) is 12.1 Å². The van der Waals surface area contributed by atoms with Crippen LogP contribution in [-0.2, 0) is 21.0 Å². The third-order valence-corrected chi connectivity index (χ3v) is 5.57. The molecule has 0 spiro atoms. The van der Waals surface area contributed by atoms with Crippen molar-refractivity contribution in [3.05, 3.63) is 42.0 Å². The van der Waals surface area contributed by atoms with Crippen molar-refractivity contribution in [2.75, 3.05) is 24.8 Å². The van der Waals surface area contributed by atoms with Crippen LogP contribution in [0.15, 0.2) is 41.3 Å². The fourth-order valence-electron chi connectivity index (χ4n) is 2.94. The van der Waals surface area contributed by atoms with Gasteiger partial charge in [-0.05, 0) is 49.1 Å². The number of aryl methyl sites for hydroxylation is 1. The summed E-state index contributed by atoms with van der Waals surface area (Å²) in [5.74, 6) is 0.869. The predicted molar refractivity (Wildman–Crippen MR) is 99.6 cm³/mol. The molecule has 0 saturated carbocycles. The van der Waals surface area contributed by atoms with Crippen molar-refractivity contribution in [3.63, 3.8) is 0 Å². The number of aromatic nitrogens is 1. The molecule has 2 heterocycles. The van der Waals surface area contributed by atoms with Crippen LogP contribution >= 0.6 is 0 Å². The number of sulfone groups is 1. The molecule has 1 saturated heterocycles. The van der Waals surface area contributed by atoms with Gasteiger partial charge in [0.15, 0.2) is 9.84 Å². The highest BCUT2D eigenvalue weighted by Crippen LogP contribution is 2.24. The summed E-state index contributed by atoms with van der Waals surface area (Å²) in [6, 6.07) is 11.4. The minimum Gasteiger partial charge on any atom is -0.381 e. The van der Waals surface area contributed by atoms with E-state index < -0.39 is 9.84 Å². The van der Waals surface area contributed by atoms with Crippen LogP contribution in [0.25, 0.3) is 11.3 Å². The normalized spacial score (nSPS) is 15.9. The van der Waals surface area contributed by atoms with E-state index in [4.69, 9.17) is 9.72 Å². The third-order valence-electron chi connectivity index (χ3n) is 4.44. The summed E-state index contributed by atoms with van der Waals surface area (Å²) < 4.78 is 28.6. The number of anilines is 1. The highest BCUT2D eigenvalue weighted by Gasteiger charge is 2.15. The van der Waals surface area contributed by atoms with Gasteiger partial charge in [0.05, 0.1) is 10.6 Å². The molecule has 0 atom stereocenters. The molecule has 0 unspecified atom stereocenters. The van der Waals surface area contributed by atoms with Gasteiger partial charge in [-0.3, -0.25) is 0 Å². The second-order valence-electron chi connectivity index (χ2n) is 6.43. The summed E-state index contributed by atoms with van der Waals surface area (Å²) in [5, 5.41) is 3.51. The number of nitrogens with one attached hydrogen (secondary N) is 1. The first-order valence-electron chi connectivity index (χ1n) is 8.61. The zero-order chi connectivity index (χ0) is 17.9. The van der Waals surface area contributed by atoms with Crippen LogP contribution in [0.2, 0.25) is 0 Å². The first kappa shape index (κ1) is 17.9. The van der Waals surface area contributed by atoms with Gasteiger partial charge < -0.3 is 10.1 Å². The highest BCUT2D eigenvalue weighted by molar-refractivity contribution is 7.90. The molecule has 0 aliphatic carbocycles. The van der Waals surface area contributed by atoms with Crippen LogP contribution < -0.4 is 5.32 Å². The van der Waals surface area contributed by atoms with Crippen molar-refractivity contribution in [1.82, 2.24) is 4.98 Å². The fraction of sp³-hybridized carbons (Fsp3) is 0.421. The van der Waals surface area contributed by atoms with Crippen LogP contribution in [0.5, 0.6) is 0 Å². The van der Waals surface area contributed by atoms with Gasteiger partial charge in [-0.25, -0.2) is 13.4 Å². The molecule has 3 rings (SSSR count). The monoisotopic (exact) mass is 360 g/mol. The third kappa shape index (κ3) is 4.58. The summed E-state index contributed by atoms with van der Waals surface area (Å²) in [4.78, 5) is 5.06. The van der Waals surface area contributed by atoms with Crippen LogP contribution in [0.3, 0.4) is 0 Å². The summed E-state index contributed by atoms with van der Waals surface area (Å²) in [7, 11) is -3.19. The van der Waals surface area contributed by atoms with Gasteiger partial charge in [0.1, 0.15) is 5.82 Å². The summed E-state index contributed by atoms with van der Waals surface area (Å²) in [5.41, 5.74) is 2.97. The zero-order valence-electron chi connectivity index (χ0n) is 14.7. The smallest absolute Gasteiger partial charge is 0.175 e. The molecule has 0 amide bonds. The van der Waals surface area contributed by atoms with Crippen LogP contribution in [0.4, 0.5) is 5.82 Å². The quantitative estimate of drug-likeness (QED) is 0.886. The number of ether oxygens (including phenoxy) is 1. The van der Waals surface area contributed by atoms with Crippen LogP contribution in [0, 0.1) is 0 Å². The molecule has 1 aliphatic rings. The first-order chi connectivity index (χ1) is 12.0. The molecule has 2 aromatic rings. The molecule has 1 aromatic carbocycles. The van der Waals surface area contributed by atoms with Gasteiger partial charge in [0.25, 0.3) is 0 Å². The Morgan fingerprint density at radius 1 is 1.16 bits per heavy atom. The van der Waals surface area contributed by atoms with Gasteiger partial charge in [0, 0.05) is 31.1 Å². The van der Waals surface area contributed by atoms with Crippen molar-refractivity contribution < 1.29 is 13.2 Å². The Balaban J connectivity index is 1.88. The minimum absolute atomic E-state index is 0.323. The molecule has 6 heteroatoms. The van der Waals surface area contributed by atoms with E-state index in [1.807, 2.05) is 12.1 Å². The SMILES string of the molecule is CCc1cc(NC2CCOCC2)nc(-c2ccc(S(C)(=O)=O)cc2)c1. The molecular weight excluding hydrogens is 336 g/mol. The number of hydrogen-bond acceptors (Lipinski definition) is 5. The van der Waals surface area contributed by atoms with Crippen molar-refractivity contribution in [2.45, 2.75) is 37.1 Å². The van der Waals surface area contributed by atoms with E-state index in [0.29, 0.717) is 10.9 Å². The van der Waals surface area contributed by atoms with Crippen LogP contribution in [0.1, 0.15) is 25.3 Å². The number of hydrogen-bond donors (Lipinski definition) is 1. The van der Waals surface area contributed by atoms with Crippen molar-refractivity contribution in [1.29, 1.82) is 0 Å². The molecule has 25 heavy (non-hydrogen) atoms. The number of nitrogens with zero attached hydrogens (tertiary/aromatic N) is 1. The number of rotatable bonds is 5. The maximum absolute atomic E-state index is 11.6. The summed E-state index contributed by atoms with van der Waals surface area (Å²) in [6.07, 6.45) is 4.10. The van der Waals surface area contributed by atoms with E-state index >= 15 is 0 Å². The summed E-state index contributed by atoms with van der Waals surface area (Å²) >= 11 is 0. The highest BCUT2D eigenvalue weighted by atomic mass is 32.2. The van der Waals surface area contributed by atoms with E-state index in [2.05, 4.69) is 24.4 Å². The second-order valence-corrected chi connectivity index (χ2v) is 8.44. The lowest BCUT2D eigenvalue weighted by atomic mass is 10.1. The van der Waals surface area contributed by atoms with E-state index in [1.165, 1.54) is 11.8 Å². The Morgan fingerprint density at radius 2 is 1.84 bits per heavy atom. The second kappa shape index (κ2) is 7.54. The lowest BCUT2D eigenvalue weighted by molar-refractivity contribution is 0.0904. The first-order valence-corrected chi connectivity index (χ1v) is 10.5. The molecular formula is C19H24N2O3S. The summed E-state index contributed by atoms with van der Waals surface area (Å²) in [6.45, 7) is 3.68. The largest absolute Gasteiger partial charge is 0.381 e. The lowest BCUT2D eigenvalue weighted by Crippen LogP contribution is -2.28. The van der Waals surface area contributed by atoms with Crippen molar-refractivity contribution >= 4 is 15.7 Å². The fourth-order valence-corrected chi connectivity index (χ4v) is 3.57.